The minimum absolute atomic E-state index is 0.599. The van der Waals surface area contributed by atoms with E-state index in [-0.39, 0.29) is 0 Å². The molecule has 0 aliphatic carbocycles. The van der Waals surface area contributed by atoms with Crippen molar-refractivity contribution in [1.29, 1.82) is 0 Å². The number of rotatable bonds is 5. The zero-order valence-electron chi connectivity index (χ0n) is 9.57. The summed E-state index contributed by atoms with van der Waals surface area (Å²) >= 11 is 7.65. The summed E-state index contributed by atoms with van der Waals surface area (Å²) in [4.78, 5) is 0. The number of halogens is 1. The van der Waals surface area contributed by atoms with Gasteiger partial charge < -0.3 is 10.1 Å². The maximum Gasteiger partial charge on any atom is 0.124 e. The molecule has 0 unspecified atom stereocenters. The molecule has 0 aliphatic rings. The molecular weight excluding hydrogens is 254 g/mol. The average Bonchev–Trinajstić information content (AvgIpc) is 2.81. The van der Waals surface area contributed by atoms with Crippen LogP contribution >= 0.6 is 22.9 Å². The number of thiophene rings is 1. The Kier molecular flexibility index (Phi) is 4.42. The Morgan fingerprint density at radius 3 is 2.94 bits per heavy atom. The first-order valence-corrected chi connectivity index (χ1v) is 6.68. The Morgan fingerprint density at radius 1 is 1.35 bits per heavy atom. The molecule has 0 bridgehead atoms. The second kappa shape index (κ2) is 6.05. The fourth-order valence-corrected chi connectivity index (χ4v) is 2.40. The van der Waals surface area contributed by atoms with E-state index in [4.69, 9.17) is 16.3 Å². The fourth-order valence-electron chi connectivity index (χ4n) is 1.55. The Hall–Kier alpha value is -1.03. The van der Waals surface area contributed by atoms with E-state index in [0.717, 1.165) is 22.9 Å². The van der Waals surface area contributed by atoms with E-state index in [1.807, 2.05) is 25.2 Å². The monoisotopic (exact) mass is 267 g/mol. The summed E-state index contributed by atoms with van der Waals surface area (Å²) in [6.07, 6.45) is 0. The summed E-state index contributed by atoms with van der Waals surface area (Å²) in [5.41, 5.74) is 2.27. The molecule has 0 atom stereocenters. The number of hydrogen-bond donors (Lipinski definition) is 1. The standard InChI is InChI=1S/C13H14ClNOS/c1-15-7-11-6-12(14)2-3-13(11)16-8-10-4-5-17-9-10/h2-6,9,15H,7-8H2,1H3. The summed E-state index contributed by atoms with van der Waals surface area (Å²) in [5.74, 6) is 0.884. The van der Waals surface area contributed by atoms with Crippen molar-refractivity contribution in [2.24, 2.45) is 0 Å². The van der Waals surface area contributed by atoms with Crippen molar-refractivity contribution in [2.45, 2.75) is 13.2 Å². The molecule has 0 fully saturated rings. The van der Waals surface area contributed by atoms with Gasteiger partial charge in [-0.15, -0.1) is 0 Å². The van der Waals surface area contributed by atoms with Crippen molar-refractivity contribution >= 4 is 22.9 Å². The summed E-state index contributed by atoms with van der Waals surface area (Å²) in [6.45, 7) is 1.35. The lowest BCUT2D eigenvalue weighted by atomic mass is 10.2. The molecule has 2 nitrogen and oxygen atoms in total. The van der Waals surface area contributed by atoms with Crippen LogP contribution < -0.4 is 10.1 Å². The quantitative estimate of drug-likeness (QED) is 0.892. The molecule has 0 aliphatic heterocycles. The lowest BCUT2D eigenvalue weighted by Gasteiger charge is -2.11. The van der Waals surface area contributed by atoms with Crippen molar-refractivity contribution in [3.05, 3.63) is 51.2 Å². The maximum absolute atomic E-state index is 5.97. The molecule has 1 aromatic carbocycles. The van der Waals surface area contributed by atoms with Gasteiger partial charge in [0.25, 0.3) is 0 Å². The Morgan fingerprint density at radius 2 is 2.24 bits per heavy atom. The van der Waals surface area contributed by atoms with Crippen LogP contribution in [0.25, 0.3) is 0 Å². The molecule has 17 heavy (non-hydrogen) atoms. The maximum atomic E-state index is 5.97. The highest BCUT2D eigenvalue weighted by molar-refractivity contribution is 7.07. The molecule has 0 spiro atoms. The number of ether oxygens (including phenoxy) is 1. The van der Waals surface area contributed by atoms with Crippen LogP contribution in [-0.2, 0) is 13.2 Å². The third-order valence-electron chi connectivity index (χ3n) is 2.36. The van der Waals surface area contributed by atoms with Crippen LogP contribution in [-0.4, -0.2) is 7.05 Å². The second-order valence-electron chi connectivity index (χ2n) is 3.70. The summed E-state index contributed by atoms with van der Waals surface area (Å²) < 4.78 is 5.80. The van der Waals surface area contributed by atoms with E-state index in [1.165, 1.54) is 5.56 Å². The first-order chi connectivity index (χ1) is 8.29. The lowest BCUT2D eigenvalue weighted by molar-refractivity contribution is 0.303. The topological polar surface area (TPSA) is 21.3 Å². The fraction of sp³-hybridized carbons (Fsp3) is 0.231. The molecule has 90 valence electrons. The molecule has 0 saturated heterocycles. The van der Waals surface area contributed by atoms with E-state index in [2.05, 4.69) is 22.1 Å². The van der Waals surface area contributed by atoms with E-state index in [9.17, 15) is 0 Å². The van der Waals surface area contributed by atoms with E-state index in [0.29, 0.717) is 6.61 Å². The van der Waals surface area contributed by atoms with Gasteiger partial charge in [0, 0.05) is 17.1 Å². The molecule has 2 aromatic rings. The molecule has 0 amide bonds. The van der Waals surface area contributed by atoms with Crippen LogP contribution in [0.5, 0.6) is 5.75 Å². The zero-order valence-corrected chi connectivity index (χ0v) is 11.1. The molecule has 0 radical (unpaired) electrons. The summed E-state index contributed by atoms with van der Waals surface area (Å²) in [6, 6.07) is 7.77. The molecule has 0 saturated carbocycles. The predicted molar refractivity (Wildman–Crippen MR) is 72.9 cm³/mol. The normalized spacial score (nSPS) is 10.5. The first-order valence-electron chi connectivity index (χ1n) is 5.36. The van der Waals surface area contributed by atoms with Crippen molar-refractivity contribution < 1.29 is 4.74 Å². The van der Waals surface area contributed by atoms with Gasteiger partial charge in [-0.1, -0.05) is 11.6 Å². The molecular formula is C13H14ClNOS. The van der Waals surface area contributed by atoms with Gasteiger partial charge in [-0.3, -0.25) is 0 Å². The SMILES string of the molecule is CNCc1cc(Cl)ccc1OCc1ccsc1. The molecule has 4 heteroatoms. The summed E-state index contributed by atoms with van der Waals surface area (Å²) in [5, 5.41) is 7.98. The summed E-state index contributed by atoms with van der Waals surface area (Å²) in [7, 11) is 1.91. The predicted octanol–water partition coefficient (Wildman–Crippen LogP) is 3.70. The first kappa shape index (κ1) is 12.4. The van der Waals surface area contributed by atoms with E-state index < -0.39 is 0 Å². The minimum Gasteiger partial charge on any atom is -0.489 e. The number of hydrogen-bond acceptors (Lipinski definition) is 3. The zero-order chi connectivity index (χ0) is 12.1. The highest BCUT2D eigenvalue weighted by Crippen LogP contribution is 2.24. The highest BCUT2D eigenvalue weighted by atomic mass is 35.5. The van der Waals surface area contributed by atoms with Gasteiger partial charge in [0.1, 0.15) is 12.4 Å². The van der Waals surface area contributed by atoms with Gasteiger partial charge in [-0.05, 0) is 47.6 Å². The smallest absolute Gasteiger partial charge is 0.124 e. The average molecular weight is 268 g/mol. The van der Waals surface area contributed by atoms with Gasteiger partial charge >= 0.3 is 0 Å². The molecule has 1 aromatic heterocycles. The molecule has 1 N–H and O–H groups in total. The Bertz CT molecular complexity index is 470. The Balaban J connectivity index is 2.08. The largest absolute Gasteiger partial charge is 0.489 e. The second-order valence-corrected chi connectivity index (χ2v) is 4.92. The van der Waals surface area contributed by atoms with E-state index in [1.54, 1.807) is 11.3 Å². The van der Waals surface area contributed by atoms with Crippen LogP contribution in [0.3, 0.4) is 0 Å². The highest BCUT2D eigenvalue weighted by Gasteiger charge is 2.04. The van der Waals surface area contributed by atoms with Crippen LogP contribution in [0.15, 0.2) is 35.0 Å². The van der Waals surface area contributed by atoms with Crippen LogP contribution in [0.1, 0.15) is 11.1 Å². The van der Waals surface area contributed by atoms with Gasteiger partial charge in [-0.2, -0.15) is 11.3 Å². The van der Waals surface area contributed by atoms with Crippen molar-refractivity contribution in [3.8, 4) is 5.75 Å². The lowest BCUT2D eigenvalue weighted by Crippen LogP contribution is -2.07. The van der Waals surface area contributed by atoms with Crippen molar-refractivity contribution in [3.63, 3.8) is 0 Å². The van der Waals surface area contributed by atoms with Crippen LogP contribution in [0.4, 0.5) is 0 Å². The number of nitrogens with one attached hydrogen (secondary N) is 1. The van der Waals surface area contributed by atoms with E-state index >= 15 is 0 Å². The van der Waals surface area contributed by atoms with Gasteiger partial charge in [0.2, 0.25) is 0 Å². The number of benzene rings is 1. The Labute approximate surface area is 110 Å². The third kappa shape index (κ3) is 3.46. The van der Waals surface area contributed by atoms with Gasteiger partial charge in [0.15, 0.2) is 0 Å². The third-order valence-corrected chi connectivity index (χ3v) is 3.33. The van der Waals surface area contributed by atoms with Crippen molar-refractivity contribution in [1.82, 2.24) is 5.32 Å². The van der Waals surface area contributed by atoms with Crippen LogP contribution in [0, 0.1) is 0 Å². The molecule has 1 heterocycles. The minimum atomic E-state index is 0.599. The van der Waals surface area contributed by atoms with Crippen molar-refractivity contribution in [2.75, 3.05) is 7.05 Å². The molecule has 2 rings (SSSR count). The van der Waals surface area contributed by atoms with Gasteiger partial charge in [0.05, 0.1) is 0 Å². The van der Waals surface area contributed by atoms with Gasteiger partial charge in [-0.25, -0.2) is 0 Å². The van der Waals surface area contributed by atoms with Crippen LogP contribution in [0.2, 0.25) is 5.02 Å².